The van der Waals surface area contributed by atoms with Crippen LogP contribution >= 0.6 is 0 Å². The van der Waals surface area contributed by atoms with Gasteiger partial charge >= 0.3 is 0 Å². The predicted octanol–water partition coefficient (Wildman–Crippen LogP) is 14.7. The Morgan fingerprint density at radius 2 is 0.950 bits per heavy atom. The number of benzene rings is 9. The van der Waals surface area contributed by atoms with Gasteiger partial charge in [0.15, 0.2) is 0 Å². The molecule has 12 rings (SSSR count). The van der Waals surface area contributed by atoms with Gasteiger partial charge in [-0.2, -0.15) is 5.26 Å². The first-order valence-electron chi connectivity index (χ1n) is 20.8. The number of hydrogen-bond acceptors (Lipinski definition) is 4. The molecule has 1 aliphatic rings. The molecule has 0 saturated carbocycles. The molecular weight excluding hydrogens is 731 g/mol. The summed E-state index contributed by atoms with van der Waals surface area (Å²) >= 11 is 0. The highest BCUT2D eigenvalue weighted by Crippen LogP contribution is 2.51. The lowest BCUT2D eigenvalue weighted by Gasteiger charge is -2.33. The van der Waals surface area contributed by atoms with E-state index < -0.39 is 0 Å². The van der Waals surface area contributed by atoms with Gasteiger partial charge in [0.05, 0.1) is 61.8 Å². The number of para-hydroxylation sites is 3. The molecule has 0 unspecified atom stereocenters. The average molecular weight is 772 g/mol. The fourth-order valence-corrected chi connectivity index (χ4v) is 9.89. The number of hydrogen-bond donors (Lipinski definition) is 0. The summed E-state index contributed by atoms with van der Waals surface area (Å²) in [5.74, 6) is 0. The molecule has 11 aromatic rings. The van der Waals surface area contributed by atoms with Gasteiger partial charge in [-0.3, -0.25) is 0 Å². The lowest BCUT2D eigenvalue weighted by Crippen LogP contribution is -2.18. The summed E-state index contributed by atoms with van der Waals surface area (Å²) in [5.41, 5.74) is 13.5. The molecule has 1 aliphatic heterocycles. The van der Waals surface area contributed by atoms with Gasteiger partial charge < -0.3 is 9.47 Å². The number of rotatable bonds is 1. The predicted molar refractivity (Wildman–Crippen MR) is 252 cm³/mol. The molecule has 286 valence electrons. The van der Waals surface area contributed by atoms with Crippen molar-refractivity contribution >= 4 is 104 Å². The minimum Gasteiger partial charge on any atom is -0.306 e. The van der Waals surface area contributed by atoms with E-state index in [4.69, 9.17) is 9.97 Å². The van der Waals surface area contributed by atoms with Crippen molar-refractivity contribution in [3.8, 4) is 11.8 Å². The first-order valence-corrected chi connectivity index (χ1v) is 20.8. The molecule has 9 aromatic carbocycles. The Hall–Kier alpha value is -7.29. The molecule has 0 aliphatic carbocycles. The second-order valence-electron chi connectivity index (χ2n) is 18.6. The van der Waals surface area contributed by atoms with E-state index in [1.54, 1.807) is 0 Å². The van der Waals surface area contributed by atoms with Crippen molar-refractivity contribution < 1.29 is 0 Å². The second-order valence-corrected chi connectivity index (χ2v) is 18.6. The van der Waals surface area contributed by atoms with Crippen LogP contribution in [0.2, 0.25) is 0 Å². The zero-order valence-corrected chi connectivity index (χ0v) is 34.5. The van der Waals surface area contributed by atoms with Gasteiger partial charge in [0.2, 0.25) is 0 Å². The first-order chi connectivity index (χ1) is 29.0. The van der Waals surface area contributed by atoms with Gasteiger partial charge in [-0.15, -0.1) is 0 Å². The summed E-state index contributed by atoms with van der Waals surface area (Å²) < 4.78 is 2.36. The van der Waals surface area contributed by atoms with E-state index in [2.05, 4.69) is 184 Å². The summed E-state index contributed by atoms with van der Waals surface area (Å²) in [6, 6.07) is 52.9. The van der Waals surface area contributed by atoms with Crippen LogP contribution < -0.4 is 4.90 Å². The molecule has 5 nitrogen and oxygen atoms in total. The van der Waals surface area contributed by atoms with Crippen LogP contribution in [0.4, 0.5) is 17.1 Å². The minimum absolute atomic E-state index is 0.00309. The molecule has 3 heterocycles. The van der Waals surface area contributed by atoms with Crippen LogP contribution in [0.3, 0.4) is 0 Å². The zero-order valence-electron chi connectivity index (χ0n) is 34.5. The SMILES string of the molecule is CC(C)(C)c1ccc2c(c1)c1cc(C(C)(C)C)ccc1c1nc3c4ccc(N5c6ccccc6-n6c7ccc(C#N)cc7c7cccc5c76)cc4c4ccccc4c3nc21. The van der Waals surface area contributed by atoms with E-state index >= 15 is 0 Å². The highest BCUT2D eigenvalue weighted by molar-refractivity contribution is 6.29. The third kappa shape index (κ3) is 4.73. The highest BCUT2D eigenvalue weighted by atomic mass is 15.2. The molecule has 60 heavy (non-hydrogen) atoms. The van der Waals surface area contributed by atoms with Gasteiger partial charge in [-0.25, -0.2) is 9.97 Å². The third-order valence-corrected chi connectivity index (χ3v) is 13.0. The summed E-state index contributed by atoms with van der Waals surface area (Å²) in [4.78, 5) is 13.7. The van der Waals surface area contributed by atoms with Crippen molar-refractivity contribution in [2.75, 3.05) is 4.90 Å². The summed E-state index contributed by atoms with van der Waals surface area (Å²) in [5, 5.41) is 21.2. The smallest absolute Gasteiger partial charge is 0.0991 e. The number of fused-ring (bicyclic) bond motifs is 17. The van der Waals surface area contributed by atoms with Gasteiger partial charge in [0.25, 0.3) is 0 Å². The zero-order chi connectivity index (χ0) is 40.8. The summed E-state index contributed by atoms with van der Waals surface area (Å²) in [7, 11) is 0. The van der Waals surface area contributed by atoms with Crippen molar-refractivity contribution in [3.63, 3.8) is 0 Å². The number of nitrogens with zero attached hydrogens (tertiary/aromatic N) is 5. The number of anilines is 3. The van der Waals surface area contributed by atoms with Crippen molar-refractivity contribution in [1.82, 2.24) is 14.5 Å². The van der Waals surface area contributed by atoms with Crippen LogP contribution in [0.5, 0.6) is 0 Å². The van der Waals surface area contributed by atoms with E-state index in [1.807, 2.05) is 12.1 Å². The maximum absolute atomic E-state index is 9.81. The molecule has 0 atom stereocenters. The van der Waals surface area contributed by atoms with Crippen LogP contribution in [0.1, 0.15) is 58.2 Å². The maximum atomic E-state index is 9.81. The monoisotopic (exact) mass is 771 g/mol. The van der Waals surface area contributed by atoms with Gasteiger partial charge in [-0.1, -0.05) is 120 Å². The fraction of sp³-hybridized carbons (Fsp3) is 0.145. The van der Waals surface area contributed by atoms with Crippen molar-refractivity contribution in [2.45, 2.75) is 52.4 Å². The molecule has 0 amide bonds. The Morgan fingerprint density at radius 1 is 0.433 bits per heavy atom. The van der Waals surface area contributed by atoms with Crippen molar-refractivity contribution in [2.24, 2.45) is 0 Å². The third-order valence-electron chi connectivity index (χ3n) is 13.0. The standard InChI is InChI=1S/C55H41N5/c1-54(2,3)32-19-22-37-41(27-32)42-28-33(55(4,5)6)20-23-38(42)51-50(37)57-49-36-13-8-7-12-35(36)43-29-34(21-24-39(43)52(49)58-51)59-46-15-9-10-16-47(46)60-45-25-18-31(30-56)26-44(45)40-14-11-17-48(59)53(40)60/h7-29H,1-6H3. The molecular formula is C55H41N5. The lowest BCUT2D eigenvalue weighted by atomic mass is 9.83. The molecule has 0 N–H and O–H groups in total. The average Bonchev–Trinajstić information content (AvgIpc) is 3.59. The summed E-state index contributed by atoms with van der Waals surface area (Å²) in [6.45, 7) is 13.7. The Bertz CT molecular complexity index is 3760. The second kappa shape index (κ2) is 11.9. The normalized spacial score (nSPS) is 13.1. The molecule has 0 saturated heterocycles. The van der Waals surface area contributed by atoms with E-state index in [9.17, 15) is 5.26 Å². The van der Waals surface area contributed by atoms with Crippen LogP contribution in [0.15, 0.2) is 140 Å². The topological polar surface area (TPSA) is 57.7 Å². The fourth-order valence-electron chi connectivity index (χ4n) is 9.89. The molecule has 0 fully saturated rings. The molecule has 0 spiro atoms. The Balaban J connectivity index is 1.16. The maximum Gasteiger partial charge on any atom is 0.0991 e. The van der Waals surface area contributed by atoms with Crippen LogP contribution in [0.25, 0.3) is 92.6 Å². The van der Waals surface area contributed by atoms with E-state index in [0.717, 1.165) is 98.9 Å². The minimum atomic E-state index is -0.00309. The van der Waals surface area contributed by atoms with E-state index in [1.165, 1.54) is 21.9 Å². The van der Waals surface area contributed by atoms with Crippen LogP contribution in [-0.2, 0) is 10.8 Å². The number of aromatic nitrogens is 3. The Morgan fingerprint density at radius 3 is 1.57 bits per heavy atom. The van der Waals surface area contributed by atoms with Gasteiger partial charge in [0.1, 0.15) is 0 Å². The van der Waals surface area contributed by atoms with Crippen LogP contribution in [0, 0.1) is 11.3 Å². The van der Waals surface area contributed by atoms with E-state index in [-0.39, 0.29) is 10.8 Å². The quantitative estimate of drug-likeness (QED) is 0.123. The Kier molecular flexibility index (Phi) is 6.89. The summed E-state index contributed by atoms with van der Waals surface area (Å²) in [6.07, 6.45) is 0. The van der Waals surface area contributed by atoms with Crippen molar-refractivity contribution in [3.05, 3.63) is 156 Å². The number of nitriles is 1. The molecule has 2 aromatic heterocycles. The van der Waals surface area contributed by atoms with Gasteiger partial charge in [0, 0.05) is 38.0 Å². The van der Waals surface area contributed by atoms with Crippen LogP contribution in [-0.4, -0.2) is 14.5 Å². The molecule has 0 radical (unpaired) electrons. The molecule has 0 bridgehead atoms. The lowest BCUT2D eigenvalue weighted by molar-refractivity contribution is 0.590. The highest BCUT2D eigenvalue weighted by Gasteiger charge is 2.29. The van der Waals surface area contributed by atoms with Crippen molar-refractivity contribution in [1.29, 1.82) is 5.26 Å². The largest absolute Gasteiger partial charge is 0.306 e. The first kappa shape index (κ1) is 34.7. The molecule has 5 heteroatoms. The Labute approximate surface area is 347 Å². The van der Waals surface area contributed by atoms with Gasteiger partial charge in [-0.05, 0) is 104 Å². The van der Waals surface area contributed by atoms with E-state index in [0.29, 0.717) is 5.56 Å².